The van der Waals surface area contributed by atoms with Gasteiger partial charge < -0.3 is 4.90 Å². The SMILES string of the molecule is CC(CC(=O)N(C)C(C)CC#N)CC(C)(C)C. The number of nitriles is 1. The van der Waals surface area contributed by atoms with Crippen LogP contribution in [0.5, 0.6) is 0 Å². The molecule has 0 aromatic carbocycles. The van der Waals surface area contributed by atoms with Crippen molar-refractivity contribution >= 4 is 5.91 Å². The van der Waals surface area contributed by atoms with Crippen molar-refractivity contribution in [1.82, 2.24) is 4.90 Å². The highest BCUT2D eigenvalue weighted by Gasteiger charge is 2.21. The summed E-state index contributed by atoms with van der Waals surface area (Å²) in [5.41, 5.74) is 0.260. The molecular weight excluding hydrogens is 212 g/mol. The lowest BCUT2D eigenvalue weighted by molar-refractivity contribution is -0.132. The second-order valence-electron chi connectivity index (χ2n) is 6.29. The minimum Gasteiger partial charge on any atom is -0.342 e. The van der Waals surface area contributed by atoms with E-state index in [0.29, 0.717) is 18.8 Å². The molecule has 0 aliphatic rings. The fraction of sp³-hybridized carbons (Fsp3) is 0.857. The van der Waals surface area contributed by atoms with Crippen molar-refractivity contribution in [3.63, 3.8) is 0 Å². The van der Waals surface area contributed by atoms with Crippen LogP contribution in [0.15, 0.2) is 0 Å². The molecule has 0 aromatic heterocycles. The lowest BCUT2D eigenvalue weighted by Crippen LogP contribution is -2.35. The highest BCUT2D eigenvalue weighted by molar-refractivity contribution is 5.76. The maximum absolute atomic E-state index is 12.0. The van der Waals surface area contributed by atoms with Crippen LogP contribution in [0, 0.1) is 22.7 Å². The van der Waals surface area contributed by atoms with Crippen molar-refractivity contribution in [2.24, 2.45) is 11.3 Å². The van der Waals surface area contributed by atoms with Gasteiger partial charge in [0.2, 0.25) is 5.91 Å². The van der Waals surface area contributed by atoms with E-state index >= 15 is 0 Å². The summed E-state index contributed by atoms with van der Waals surface area (Å²) in [6.07, 6.45) is 2.01. The number of hydrogen-bond donors (Lipinski definition) is 0. The molecule has 17 heavy (non-hydrogen) atoms. The molecule has 2 unspecified atom stereocenters. The molecule has 0 radical (unpaired) electrons. The molecule has 0 bridgehead atoms. The maximum atomic E-state index is 12.0. The second-order valence-corrected chi connectivity index (χ2v) is 6.29. The van der Waals surface area contributed by atoms with Crippen LogP contribution < -0.4 is 0 Å². The molecule has 0 rings (SSSR count). The number of rotatable bonds is 5. The zero-order valence-electron chi connectivity index (χ0n) is 12.1. The van der Waals surface area contributed by atoms with Gasteiger partial charge in [-0.2, -0.15) is 5.26 Å². The molecule has 0 saturated heterocycles. The Bertz CT molecular complexity index is 286. The third-order valence-corrected chi connectivity index (χ3v) is 2.93. The van der Waals surface area contributed by atoms with Crippen LogP contribution in [-0.2, 0) is 4.79 Å². The lowest BCUT2D eigenvalue weighted by Gasteiger charge is -2.27. The Balaban J connectivity index is 4.21. The summed E-state index contributed by atoms with van der Waals surface area (Å²) >= 11 is 0. The molecule has 0 aliphatic carbocycles. The minimum absolute atomic E-state index is 0.00865. The molecule has 0 heterocycles. The summed E-state index contributed by atoms with van der Waals surface area (Å²) < 4.78 is 0. The Morgan fingerprint density at radius 1 is 1.35 bits per heavy atom. The van der Waals surface area contributed by atoms with E-state index in [1.54, 1.807) is 11.9 Å². The van der Waals surface area contributed by atoms with Gasteiger partial charge in [-0.05, 0) is 24.7 Å². The van der Waals surface area contributed by atoms with Crippen molar-refractivity contribution in [1.29, 1.82) is 5.26 Å². The Hall–Kier alpha value is -1.04. The molecule has 0 aliphatic heterocycles. The number of carbonyl (C=O) groups is 1. The molecule has 0 fully saturated rings. The molecule has 0 N–H and O–H groups in total. The van der Waals surface area contributed by atoms with Crippen molar-refractivity contribution in [2.45, 2.75) is 59.9 Å². The largest absolute Gasteiger partial charge is 0.342 e. The Morgan fingerprint density at radius 2 is 1.88 bits per heavy atom. The van der Waals surface area contributed by atoms with Gasteiger partial charge in [0.25, 0.3) is 0 Å². The van der Waals surface area contributed by atoms with Gasteiger partial charge in [-0.3, -0.25) is 4.79 Å². The third kappa shape index (κ3) is 6.99. The summed E-state index contributed by atoms with van der Waals surface area (Å²) in [7, 11) is 1.79. The van der Waals surface area contributed by atoms with E-state index in [1.807, 2.05) is 6.92 Å². The van der Waals surface area contributed by atoms with Crippen molar-refractivity contribution in [3.8, 4) is 6.07 Å². The molecule has 1 amide bonds. The minimum atomic E-state index is 0.00865. The van der Waals surface area contributed by atoms with Crippen molar-refractivity contribution in [2.75, 3.05) is 7.05 Å². The van der Waals surface area contributed by atoms with Gasteiger partial charge in [-0.25, -0.2) is 0 Å². The predicted octanol–water partition coefficient (Wildman–Crippen LogP) is 3.21. The Labute approximate surface area is 106 Å². The van der Waals surface area contributed by atoms with Gasteiger partial charge in [0, 0.05) is 19.5 Å². The van der Waals surface area contributed by atoms with Crippen molar-refractivity contribution in [3.05, 3.63) is 0 Å². The van der Waals surface area contributed by atoms with E-state index < -0.39 is 0 Å². The normalized spacial score (nSPS) is 14.9. The predicted molar refractivity (Wildman–Crippen MR) is 70.3 cm³/mol. The summed E-state index contributed by atoms with van der Waals surface area (Å²) in [4.78, 5) is 13.7. The van der Waals surface area contributed by atoms with Gasteiger partial charge in [-0.15, -0.1) is 0 Å². The van der Waals surface area contributed by atoms with Gasteiger partial charge in [0.15, 0.2) is 0 Å². The van der Waals surface area contributed by atoms with E-state index in [1.165, 1.54) is 0 Å². The first-order valence-corrected chi connectivity index (χ1v) is 6.30. The highest BCUT2D eigenvalue weighted by atomic mass is 16.2. The lowest BCUT2D eigenvalue weighted by atomic mass is 9.84. The molecule has 98 valence electrons. The third-order valence-electron chi connectivity index (χ3n) is 2.93. The standard InChI is InChI=1S/C14H26N2O/c1-11(10-14(3,4)5)9-13(17)16(6)12(2)7-8-15/h11-12H,7,9-10H2,1-6H3. The van der Waals surface area contributed by atoms with Crippen LogP contribution in [0.2, 0.25) is 0 Å². The second kappa shape index (κ2) is 6.64. The molecule has 0 aromatic rings. The number of hydrogen-bond acceptors (Lipinski definition) is 2. The topological polar surface area (TPSA) is 44.1 Å². The average Bonchev–Trinajstić information content (AvgIpc) is 2.13. The molecule has 3 nitrogen and oxygen atoms in total. The fourth-order valence-electron chi connectivity index (χ4n) is 2.07. The van der Waals surface area contributed by atoms with Gasteiger partial charge in [0.05, 0.1) is 12.5 Å². The van der Waals surface area contributed by atoms with Gasteiger partial charge in [0.1, 0.15) is 0 Å². The summed E-state index contributed by atoms with van der Waals surface area (Å²) in [5.74, 6) is 0.531. The van der Waals surface area contributed by atoms with Crippen LogP contribution in [0.4, 0.5) is 0 Å². The summed E-state index contributed by atoms with van der Waals surface area (Å²) in [5, 5.41) is 8.61. The molecule has 2 atom stereocenters. The van der Waals surface area contributed by atoms with Crippen LogP contribution >= 0.6 is 0 Å². The monoisotopic (exact) mass is 238 g/mol. The van der Waals surface area contributed by atoms with Gasteiger partial charge >= 0.3 is 0 Å². The first-order chi connectivity index (χ1) is 7.67. The van der Waals surface area contributed by atoms with E-state index in [4.69, 9.17) is 5.26 Å². The first-order valence-electron chi connectivity index (χ1n) is 6.30. The first kappa shape index (κ1) is 16.0. The zero-order valence-corrected chi connectivity index (χ0v) is 12.1. The number of carbonyl (C=O) groups excluding carboxylic acids is 1. The maximum Gasteiger partial charge on any atom is 0.222 e. The van der Waals surface area contributed by atoms with Crippen molar-refractivity contribution < 1.29 is 4.79 Å². The Morgan fingerprint density at radius 3 is 2.29 bits per heavy atom. The fourth-order valence-corrected chi connectivity index (χ4v) is 2.07. The average molecular weight is 238 g/mol. The molecular formula is C14H26N2O. The van der Waals surface area contributed by atoms with Crippen LogP contribution in [0.1, 0.15) is 53.9 Å². The molecule has 0 saturated carbocycles. The van der Waals surface area contributed by atoms with Crippen LogP contribution in [0.3, 0.4) is 0 Å². The molecule has 3 heteroatoms. The van der Waals surface area contributed by atoms with Gasteiger partial charge in [-0.1, -0.05) is 27.7 Å². The van der Waals surface area contributed by atoms with E-state index in [9.17, 15) is 4.79 Å². The van der Waals surface area contributed by atoms with E-state index in [0.717, 1.165) is 6.42 Å². The van der Waals surface area contributed by atoms with E-state index in [-0.39, 0.29) is 17.4 Å². The van der Waals surface area contributed by atoms with Crippen LogP contribution in [-0.4, -0.2) is 23.9 Å². The summed E-state index contributed by atoms with van der Waals surface area (Å²) in [6.45, 7) is 10.6. The zero-order chi connectivity index (χ0) is 13.6. The number of amides is 1. The quantitative estimate of drug-likeness (QED) is 0.738. The molecule has 0 spiro atoms. The smallest absolute Gasteiger partial charge is 0.222 e. The van der Waals surface area contributed by atoms with Crippen LogP contribution in [0.25, 0.3) is 0 Å². The summed E-state index contributed by atoms with van der Waals surface area (Å²) in [6, 6.07) is 2.11. The highest BCUT2D eigenvalue weighted by Crippen LogP contribution is 2.26. The Kier molecular flexibility index (Phi) is 6.23. The number of nitrogens with zero attached hydrogens (tertiary/aromatic N) is 2. The van der Waals surface area contributed by atoms with E-state index in [2.05, 4.69) is 33.8 Å².